The van der Waals surface area contributed by atoms with E-state index >= 15 is 0 Å². The number of ether oxygens (including phenoxy) is 3. The summed E-state index contributed by atoms with van der Waals surface area (Å²) in [6, 6.07) is 5.66. The second kappa shape index (κ2) is 7.31. The third-order valence-corrected chi connectivity index (χ3v) is 3.74. The fourth-order valence-electron chi connectivity index (χ4n) is 2.58. The van der Waals surface area contributed by atoms with Gasteiger partial charge < -0.3 is 24.1 Å². The summed E-state index contributed by atoms with van der Waals surface area (Å²) in [7, 11) is 3.15. The number of fused-ring (bicyclic) bond motifs is 1. The average molecular weight is 333 g/mol. The summed E-state index contributed by atoms with van der Waals surface area (Å²) in [5.41, 5.74) is 0.959. The third-order valence-electron chi connectivity index (χ3n) is 3.74. The van der Waals surface area contributed by atoms with Gasteiger partial charge in [0.2, 0.25) is 11.8 Å². The summed E-state index contributed by atoms with van der Waals surface area (Å²) in [6.07, 6.45) is 0.594. The molecular weight excluding hydrogens is 314 g/mol. The third kappa shape index (κ3) is 3.48. The van der Waals surface area contributed by atoms with Gasteiger partial charge in [-0.3, -0.25) is 4.79 Å². The normalized spacial score (nSPS) is 16.2. The first-order valence-electron chi connectivity index (χ1n) is 7.58. The molecule has 8 nitrogen and oxygen atoms in total. The lowest BCUT2D eigenvalue weighted by Crippen LogP contribution is -2.37. The van der Waals surface area contributed by atoms with E-state index in [1.807, 2.05) is 18.2 Å². The van der Waals surface area contributed by atoms with Gasteiger partial charge >= 0.3 is 0 Å². The molecule has 0 radical (unpaired) electrons. The number of aromatic nitrogens is 2. The number of carbonyl (C=O) groups excluding carboxylic acids is 1. The predicted molar refractivity (Wildman–Crippen MR) is 82.5 cm³/mol. The van der Waals surface area contributed by atoms with Crippen LogP contribution in [0.15, 0.2) is 22.7 Å². The molecule has 8 heteroatoms. The van der Waals surface area contributed by atoms with E-state index < -0.39 is 0 Å². The summed E-state index contributed by atoms with van der Waals surface area (Å²) in [5.74, 6) is 1.80. The van der Waals surface area contributed by atoms with Gasteiger partial charge in [0, 0.05) is 7.11 Å². The Hall–Kier alpha value is -2.61. The molecular formula is C16H19N3O5. The topological polar surface area (TPSA) is 95.7 Å². The Bertz CT molecular complexity index is 715. The number of hydrogen-bond acceptors (Lipinski definition) is 7. The minimum Gasteiger partial charge on any atom is -0.493 e. The lowest BCUT2D eigenvalue weighted by Gasteiger charge is -2.25. The Labute approximate surface area is 139 Å². The molecule has 24 heavy (non-hydrogen) atoms. The van der Waals surface area contributed by atoms with Crippen LogP contribution >= 0.6 is 0 Å². The van der Waals surface area contributed by atoms with Crippen molar-refractivity contribution in [1.29, 1.82) is 0 Å². The molecule has 0 unspecified atom stereocenters. The number of nitrogens with one attached hydrogen (secondary N) is 1. The highest BCUT2D eigenvalue weighted by atomic mass is 16.5. The van der Waals surface area contributed by atoms with E-state index in [4.69, 9.17) is 18.7 Å². The molecule has 2 heterocycles. The van der Waals surface area contributed by atoms with Crippen molar-refractivity contribution in [3.8, 4) is 11.5 Å². The molecule has 0 saturated heterocycles. The summed E-state index contributed by atoms with van der Waals surface area (Å²) in [6.45, 7) is 0.751. The largest absolute Gasteiger partial charge is 0.493 e. The van der Waals surface area contributed by atoms with Crippen molar-refractivity contribution in [2.24, 2.45) is 5.92 Å². The van der Waals surface area contributed by atoms with Crippen LogP contribution in [0, 0.1) is 5.92 Å². The molecule has 0 bridgehead atoms. The molecule has 1 aromatic heterocycles. The maximum absolute atomic E-state index is 12.3. The van der Waals surface area contributed by atoms with E-state index in [0.29, 0.717) is 36.2 Å². The van der Waals surface area contributed by atoms with Gasteiger partial charge in [0.05, 0.1) is 19.6 Å². The van der Waals surface area contributed by atoms with Crippen LogP contribution in [0.4, 0.5) is 0 Å². The van der Waals surface area contributed by atoms with E-state index in [1.165, 1.54) is 0 Å². The molecule has 1 amide bonds. The standard InChI is InChI=1S/C16H19N3O5/c1-21-9-13-18-14(24-19-13)7-17-16(20)11-6-10-4-3-5-12(22-2)15(10)23-8-11/h3-5,11H,6-9H2,1-2H3,(H,17,20)/t11-/m1/s1. The highest BCUT2D eigenvalue weighted by molar-refractivity contribution is 5.79. The quantitative estimate of drug-likeness (QED) is 0.845. The van der Waals surface area contributed by atoms with Crippen molar-refractivity contribution < 1.29 is 23.5 Å². The minimum absolute atomic E-state index is 0.116. The van der Waals surface area contributed by atoms with E-state index in [0.717, 1.165) is 5.56 Å². The summed E-state index contributed by atoms with van der Waals surface area (Å²) in [5, 5.41) is 6.54. The van der Waals surface area contributed by atoms with Crippen LogP contribution in [0.1, 0.15) is 17.3 Å². The lowest BCUT2D eigenvalue weighted by molar-refractivity contribution is -0.126. The van der Waals surface area contributed by atoms with E-state index in [-0.39, 0.29) is 25.0 Å². The second-order valence-corrected chi connectivity index (χ2v) is 5.42. The van der Waals surface area contributed by atoms with Crippen LogP contribution < -0.4 is 14.8 Å². The molecule has 1 N–H and O–H groups in total. The maximum atomic E-state index is 12.3. The molecule has 1 atom stereocenters. The van der Waals surface area contributed by atoms with Crippen LogP contribution in [-0.4, -0.2) is 36.9 Å². The Morgan fingerprint density at radius 3 is 3.08 bits per heavy atom. The monoisotopic (exact) mass is 333 g/mol. The van der Waals surface area contributed by atoms with Crippen LogP contribution in [0.2, 0.25) is 0 Å². The fourth-order valence-corrected chi connectivity index (χ4v) is 2.58. The molecule has 0 saturated carbocycles. The van der Waals surface area contributed by atoms with Gasteiger partial charge in [-0.25, -0.2) is 0 Å². The van der Waals surface area contributed by atoms with Gasteiger partial charge in [0.25, 0.3) is 0 Å². The van der Waals surface area contributed by atoms with E-state index in [9.17, 15) is 4.79 Å². The summed E-state index contributed by atoms with van der Waals surface area (Å²) in [4.78, 5) is 16.4. The molecule has 0 aliphatic carbocycles. The molecule has 2 aromatic rings. The van der Waals surface area contributed by atoms with Crippen LogP contribution in [0.5, 0.6) is 11.5 Å². The molecule has 1 aromatic carbocycles. The smallest absolute Gasteiger partial charge is 0.246 e. The molecule has 0 fully saturated rings. The molecule has 3 rings (SSSR count). The van der Waals surface area contributed by atoms with Crippen LogP contribution in [0.25, 0.3) is 0 Å². The van der Waals surface area contributed by atoms with Crippen molar-refractivity contribution >= 4 is 5.91 Å². The van der Waals surface area contributed by atoms with Gasteiger partial charge in [0.1, 0.15) is 13.2 Å². The highest BCUT2D eigenvalue weighted by Gasteiger charge is 2.28. The van der Waals surface area contributed by atoms with E-state index in [1.54, 1.807) is 14.2 Å². The minimum atomic E-state index is -0.272. The van der Waals surface area contributed by atoms with E-state index in [2.05, 4.69) is 15.5 Å². The van der Waals surface area contributed by atoms with Gasteiger partial charge in [0.15, 0.2) is 17.3 Å². The van der Waals surface area contributed by atoms with Gasteiger partial charge in [-0.2, -0.15) is 4.98 Å². The van der Waals surface area contributed by atoms with Gasteiger partial charge in [-0.05, 0) is 18.1 Å². The van der Waals surface area contributed by atoms with Crippen LogP contribution in [-0.2, 0) is 29.1 Å². The SMILES string of the molecule is COCc1noc(CNC(=O)[C@H]2COc3c(cccc3OC)C2)n1. The molecule has 128 valence electrons. The maximum Gasteiger partial charge on any atom is 0.246 e. The Kier molecular flexibility index (Phi) is 4.95. The van der Waals surface area contributed by atoms with Gasteiger partial charge in [-0.15, -0.1) is 0 Å². The number of nitrogens with zero attached hydrogens (tertiary/aromatic N) is 2. The number of methoxy groups -OCH3 is 2. The zero-order valence-corrected chi connectivity index (χ0v) is 13.6. The van der Waals surface area contributed by atoms with Crippen molar-refractivity contribution in [2.45, 2.75) is 19.6 Å². The fraction of sp³-hybridized carbons (Fsp3) is 0.438. The van der Waals surface area contributed by atoms with Crippen molar-refractivity contribution in [1.82, 2.24) is 15.5 Å². The average Bonchev–Trinajstić information content (AvgIpc) is 3.06. The summed E-state index contributed by atoms with van der Waals surface area (Å²) < 4.78 is 20.9. The first-order valence-corrected chi connectivity index (χ1v) is 7.58. The number of amides is 1. The first kappa shape index (κ1) is 16.3. The van der Waals surface area contributed by atoms with Crippen LogP contribution in [0.3, 0.4) is 0 Å². The number of rotatable bonds is 6. The van der Waals surface area contributed by atoms with Gasteiger partial charge in [-0.1, -0.05) is 17.3 Å². The Morgan fingerprint density at radius 1 is 1.42 bits per heavy atom. The number of benzene rings is 1. The van der Waals surface area contributed by atoms with Crippen molar-refractivity contribution in [2.75, 3.05) is 20.8 Å². The number of hydrogen-bond donors (Lipinski definition) is 1. The summed E-state index contributed by atoms with van der Waals surface area (Å²) >= 11 is 0. The highest BCUT2D eigenvalue weighted by Crippen LogP contribution is 2.35. The van der Waals surface area contributed by atoms with Crippen molar-refractivity contribution in [3.63, 3.8) is 0 Å². The zero-order chi connectivity index (χ0) is 16.9. The number of carbonyl (C=O) groups is 1. The zero-order valence-electron chi connectivity index (χ0n) is 13.6. The lowest BCUT2D eigenvalue weighted by atomic mass is 9.95. The first-order chi connectivity index (χ1) is 11.7. The molecule has 1 aliphatic heterocycles. The van der Waals surface area contributed by atoms with Crippen molar-refractivity contribution in [3.05, 3.63) is 35.5 Å². The molecule has 0 spiro atoms. The molecule has 1 aliphatic rings. The Balaban J connectivity index is 1.57. The number of para-hydroxylation sites is 1. The predicted octanol–water partition coefficient (Wildman–Crippen LogP) is 1.09. The second-order valence-electron chi connectivity index (χ2n) is 5.42. The Morgan fingerprint density at radius 2 is 2.29 bits per heavy atom.